The van der Waals surface area contributed by atoms with Crippen LogP contribution in [0.15, 0.2) is 82.2 Å². The third-order valence-electron chi connectivity index (χ3n) is 4.58. The van der Waals surface area contributed by atoms with Crippen LogP contribution in [0.1, 0.15) is 11.3 Å². The van der Waals surface area contributed by atoms with Crippen LogP contribution < -0.4 is 20.1 Å². The van der Waals surface area contributed by atoms with E-state index in [0.29, 0.717) is 21.7 Å². The van der Waals surface area contributed by atoms with Gasteiger partial charge in [0.2, 0.25) is 0 Å². The van der Waals surface area contributed by atoms with Crippen molar-refractivity contribution in [2.45, 2.75) is 6.92 Å². The van der Waals surface area contributed by atoms with Crippen molar-refractivity contribution in [3.8, 4) is 11.8 Å². The van der Waals surface area contributed by atoms with E-state index in [1.54, 1.807) is 48.5 Å². The van der Waals surface area contributed by atoms with E-state index in [4.69, 9.17) is 4.42 Å². The van der Waals surface area contributed by atoms with Gasteiger partial charge in [0.15, 0.2) is 5.57 Å². The van der Waals surface area contributed by atoms with Gasteiger partial charge in [0.1, 0.15) is 16.5 Å². The van der Waals surface area contributed by atoms with Gasteiger partial charge in [0.25, 0.3) is 11.5 Å². The van der Waals surface area contributed by atoms with E-state index in [1.165, 1.54) is 10.8 Å². The van der Waals surface area contributed by atoms with Gasteiger partial charge in [-0.25, -0.2) is 0 Å². The fraction of sp³-hybridized carbons (Fsp3) is 0.0417. The molecule has 2 aromatic heterocycles. The minimum atomic E-state index is -0.582. The largest absolute Gasteiger partial charge is 0.465 e. The molecule has 2 aromatic carbocycles. The van der Waals surface area contributed by atoms with Crippen molar-refractivity contribution in [2.24, 2.45) is 0 Å². The number of hydrogen-bond donors (Lipinski definition) is 1. The number of furan rings is 1. The summed E-state index contributed by atoms with van der Waals surface area (Å²) in [5.74, 6) is -0.0732. The van der Waals surface area contributed by atoms with Crippen LogP contribution in [0.25, 0.3) is 17.3 Å². The van der Waals surface area contributed by atoms with E-state index in [2.05, 4.69) is 5.32 Å². The molecule has 7 heteroatoms. The van der Waals surface area contributed by atoms with E-state index >= 15 is 0 Å². The van der Waals surface area contributed by atoms with Crippen molar-refractivity contribution in [1.82, 2.24) is 4.57 Å². The van der Waals surface area contributed by atoms with Crippen LogP contribution in [0.2, 0.25) is 0 Å². The molecular formula is C24H17N3O3S. The summed E-state index contributed by atoms with van der Waals surface area (Å²) in [6.07, 6.45) is 3.12. The Morgan fingerprint density at radius 2 is 1.84 bits per heavy atom. The zero-order chi connectivity index (χ0) is 21.8. The van der Waals surface area contributed by atoms with E-state index in [9.17, 15) is 14.9 Å². The number of carbonyl (C=O) groups excluding carboxylic acids is 1. The Morgan fingerprint density at radius 3 is 2.52 bits per heavy atom. The van der Waals surface area contributed by atoms with Crippen molar-refractivity contribution in [1.29, 1.82) is 5.26 Å². The number of benzene rings is 2. The van der Waals surface area contributed by atoms with Crippen LogP contribution in [0, 0.1) is 18.3 Å². The Kier molecular flexibility index (Phi) is 5.65. The van der Waals surface area contributed by atoms with Crippen molar-refractivity contribution in [3.05, 3.63) is 104 Å². The van der Waals surface area contributed by atoms with Gasteiger partial charge in [-0.2, -0.15) is 5.26 Å². The number of hydrogen-bond acceptors (Lipinski definition) is 5. The molecule has 0 aliphatic carbocycles. The maximum Gasteiger partial charge on any atom is 0.273 e. The van der Waals surface area contributed by atoms with Crippen LogP contribution in [-0.4, -0.2) is 10.5 Å². The molecule has 31 heavy (non-hydrogen) atoms. The Labute approximate surface area is 181 Å². The highest BCUT2D eigenvalue weighted by Crippen LogP contribution is 2.12. The summed E-state index contributed by atoms with van der Waals surface area (Å²) in [6, 6.07) is 21.6. The molecule has 0 saturated heterocycles. The number of nitriles is 1. The summed E-state index contributed by atoms with van der Waals surface area (Å²) < 4.78 is 7.36. The molecule has 0 unspecified atom stereocenters. The molecule has 0 saturated carbocycles. The molecule has 6 nitrogen and oxygen atoms in total. The summed E-state index contributed by atoms with van der Waals surface area (Å²) in [7, 11) is 0. The smallest absolute Gasteiger partial charge is 0.273 e. The molecule has 1 N–H and O–H groups in total. The molecular weight excluding hydrogens is 410 g/mol. The van der Waals surface area contributed by atoms with Crippen LogP contribution in [0.3, 0.4) is 0 Å². The lowest BCUT2D eigenvalue weighted by Crippen LogP contribution is -2.32. The maximum absolute atomic E-state index is 13.3. The Morgan fingerprint density at radius 1 is 1.10 bits per heavy atom. The van der Waals surface area contributed by atoms with Gasteiger partial charge in [-0.1, -0.05) is 36.4 Å². The second-order valence-electron chi connectivity index (χ2n) is 6.67. The third kappa shape index (κ3) is 4.10. The molecule has 1 amide bonds. The monoisotopic (exact) mass is 427 g/mol. The number of rotatable bonds is 4. The lowest BCUT2D eigenvalue weighted by atomic mass is 10.2. The molecule has 0 fully saturated rings. The number of para-hydroxylation sites is 2. The first-order valence-electron chi connectivity index (χ1n) is 9.42. The van der Waals surface area contributed by atoms with E-state index in [1.807, 2.05) is 37.3 Å². The summed E-state index contributed by atoms with van der Waals surface area (Å²) >= 11 is 1.07. The number of amides is 1. The Balaban J connectivity index is 1.99. The van der Waals surface area contributed by atoms with Crippen LogP contribution >= 0.6 is 11.3 Å². The van der Waals surface area contributed by atoms with Crippen molar-refractivity contribution < 1.29 is 9.21 Å². The molecule has 0 spiro atoms. The molecule has 0 aliphatic heterocycles. The number of nitrogens with one attached hydrogen (secondary N) is 1. The van der Waals surface area contributed by atoms with E-state index in [0.717, 1.165) is 16.9 Å². The predicted octanol–water partition coefficient (Wildman–Crippen LogP) is 2.94. The molecule has 152 valence electrons. The average molecular weight is 427 g/mol. The summed E-state index contributed by atoms with van der Waals surface area (Å²) in [5.41, 5.74) is 1.54. The molecule has 4 aromatic rings. The quantitative estimate of drug-likeness (QED) is 0.542. The first-order valence-corrected chi connectivity index (χ1v) is 10.2. The molecule has 0 aliphatic rings. The van der Waals surface area contributed by atoms with Crippen molar-refractivity contribution in [3.63, 3.8) is 0 Å². The molecule has 2 heterocycles. The second kappa shape index (κ2) is 8.69. The summed E-state index contributed by atoms with van der Waals surface area (Å²) in [6.45, 7) is 1.87. The molecule has 0 radical (unpaired) electrons. The highest BCUT2D eigenvalue weighted by atomic mass is 32.1. The fourth-order valence-electron chi connectivity index (χ4n) is 3.10. The first kappa shape index (κ1) is 20.1. The average Bonchev–Trinajstić information content (AvgIpc) is 3.39. The normalized spacial score (nSPS) is 12.3. The number of thiazole rings is 1. The van der Waals surface area contributed by atoms with Gasteiger partial charge < -0.3 is 9.73 Å². The summed E-state index contributed by atoms with van der Waals surface area (Å²) in [5, 5.41) is 12.6. The van der Waals surface area contributed by atoms with E-state index < -0.39 is 5.91 Å². The van der Waals surface area contributed by atoms with E-state index in [-0.39, 0.29) is 15.8 Å². The van der Waals surface area contributed by atoms with Gasteiger partial charge in [0, 0.05) is 11.8 Å². The number of carbonyl (C=O) groups is 1. The zero-order valence-corrected chi connectivity index (χ0v) is 17.3. The molecule has 0 atom stereocenters. The number of anilines is 1. The van der Waals surface area contributed by atoms with Crippen LogP contribution in [-0.2, 0) is 4.79 Å². The highest BCUT2D eigenvalue weighted by molar-refractivity contribution is 7.07. The van der Waals surface area contributed by atoms with Crippen molar-refractivity contribution >= 4 is 34.6 Å². The number of nitrogens with zero attached hydrogens (tertiary/aromatic N) is 2. The SMILES string of the molecule is Cc1ccccc1-n1c(=O)c(=Cc2ccco2)s/c1=C(/C#N)C(=O)Nc1ccccc1. The topological polar surface area (TPSA) is 88.0 Å². The first-order chi connectivity index (χ1) is 15.1. The lowest BCUT2D eigenvalue weighted by molar-refractivity contribution is -0.111. The van der Waals surface area contributed by atoms with Crippen LogP contribution in [0.5, 0.6) is 0 Å². The standard InChI is InChI=1S/C24H17N3O3S/c1-16-8-5-6-12-20(16)27-23(29)21(14-18-11-7-13-30-18)31-24(27)19(15-25)22(28)26-17-9-3-2-4-10-17/h2-14H,1H3,(H,26,28)/b21-14?,24-19-. The van der Waals surface area contributed by atoms with Crippen LogP contribution in [0.4, 0.5) is 5.69 Å². The molecule has 4 rings (SSSR count). The summed E-state index contributed by atoms with van der Waals surface area (Å²) in [4.78, 5) is 26.3. The Bertz CT molecular complexity index is 1460. The van der Waals surface area contributed by atoms with Gasteiger partial charge in [0.05, 0.1) is 16.5 Å². The lowest BCUT2D eigenvalue weighted by Gasteiger charge is -2.08. The number of aromatic nitrogens is 1. The van der Waals surface area contributed by atoms with Gasteiger partial charge in [-0.05, 0) is 42.8 Å². The third-order valence-corrected chi connectivity index (χ3v) is 5.67. The van der Waals surface area contributed by atoms with Gasteiger partial charge in [-0.3, -0.25) is 14.2 Å². The highest BCUT2D eigenvalue weighted by Gasteiger charge is 2.18. The predicted molar refractivity (Wildman–Crippen MR) is 120 cm³/mol. The minimum Gasteiger partial charge on any atom is -0.465 e. The van der Waals surface area contributed by atoms with Gasteiger partial charge in [-0.15, -0.1) is 11.3 Å². The maximum atomic E-state index is 13.3. The zero-order valence-electron chi connectivity index (χ0n) is 16.5. The van der Waals surface area contributed by atoms with Crippen molar-refractivity contribution in [2.75, 3.05) is 5.32 Å². The Hall–Kier alpha value is -4.15. The number of aryl methyl sites for hydroxylation is 1. The van der Waals surface area contributed by atoms with Gasteiger partial charge >= 0.3 is 0 Å². The fourth-order valence-corrected chi connectivity index (χ4v) is 4.17. The minimum absolute atomic E-state index is 0.145. The second-order valence-corrected chi connectivity index (χ2v) is 7.70. The molecule has 0 bridgehead atoms.